The fourth-order valence-electron chi connectivity index (χ4n) is 2.85. The number of halogens is 3. The molecule has 0 saturated heterocycles. The maximum absolute atomic E-state index is 12.0. The third-order valence-electron chi connectivity index (χ3n) is 4.20. The summed E-state index contributed by atoms with van der Waals surface area (Å²) in [4.78, 5) is 12.0. The van der Waals surface area contributed by atoms with Crippen LogP contribution in [-0.2, 0) is 4.79 Å². The van der Waals surface area contributed by atoms with Crippen molar-refractivity contribution >= 4 is 46.9 Å². The highest BCUT2D eigenvalue weighted by Gasteiger charge is 2.10. The molecule has 3 aromatic rings. The molecule has 0 saturated carbocycles. The number of carbonyl (C=O) groups excluding carboxylic acids is 1. The monoisotopic (exact) mass is 449 g/mol. The molecule has 5 nitrogen and oxygen atoms in total. The lowest BCUT2D eigenvalue weighted by Gasteiger charge is -2.09. The normalized spacial score (nSPS) is 11.1. The van der Waals surface area contributed by atoms with Gasteiger partial charge in [-0.3, -0.25) is 4.79 Å². The van der Waals surface area contributed by atoms with Gasteiger partial charge in [-0.1, -0.05) is 34.8 Å². The zero-order valence-electron chi connectivity index (χ0n) is 15.7. The Balaban J connectivity index is 1.62. The van der Waals surface area contributed by atoms with Crippen LogP contribution < -0.4 is 10.2 Å². The Hall–Kier alpha value is -2.47. The Labute approximate surface area is 183 Å². The van der Waals surface area contributed by atoms with Crippen molar-refractivity contribution in [2.24, 2.45) is 5.10 Å². The molecule has 0 aliphatic carbocycles. The fraction of sp³-hybridized carbons (Fsp3) is 0.143. The first-order valence-electron chi connectivity index (χ1n) is 8.70. The van der Waals surface area contributed by atoms with E-state index in [0.717, 1.165) is 22.6 Å². The fourth-order valence-corrected chi connectivity index (χ4v) is 3.44. The maximum Gasteiger partial charge on any atom is 0.277 e. The average Bonchev–Trinajstić information content (AvgIpc) is 2.95. The van der Waals surface area contributed by atoms with E-state index in [1.165, 1.54) is 0 Å². The first-order valence-corrected chi connectivity index (χ1v) is 9.83. The van der Waals surface area contributed by atoms with E-state index in [1.807, 2.05) is 44.2 Å². The second-order valence-electron chi connectivity index (χ2n) is 6.29. The minimum atomic E-state index is -0.404. The van der Waals surface area contributed by atoms with Gasteiger partial charge in [-0.15, -0.1) is 0 Å². The van der Waals surface area contributed by atoms with Crippen molar-refractivity contribution in [3.63, 3.8) is 0 Å². The quantitative estimate of drug-likeness (QED) is 0.393. The second kappa shape index (κ2) is 9.35. The zero-order valence-corrected chi connectivity index (χ0v) is 18.0. The van der Waals surface area contributed by atoms with Gasteiger partial charge in [0.05, 0.1) is 11.2 Å². The van der Waals surface area contributed by atoms with Crippen LogP contribution in [0.3, 0.4) is 0 Å². The number of nitrogens with zero attached hydrogens (tertiary/aromatic N) is 2. The lowest BCUT2D eigenvalue weighted by Crippen LogP contribution is -2.24. The van der Waals surface area contributed by atoms with E-state index in [4.69, 9.17) is 39.5 Å². The highest BCUT2D eigenvalue weighted by atomic mass is 35.5. The molecule has 1 N–H and O–H groups in total. The van der Waals surface area contributed by atoms with Crippen LogP contribution in [-0.4, -0.2) is 23.3 Å². The molecule has 29 heavy (non-hydrogen) atoms. The van der Waals surface area contributed by atoms with Gasteiger partial charge in [0.2, 0.25) is 0 Å². The summed E-state index contributed by atoms with van der Waals surface area (Å²) in [6.07, 6.45) is 1.60. The number of ether oxygens (including phenoxy) is 1. The lowest BCUT2D eigenvalue weighted by atomic mass is 10.2. The van der Waals surface area contributed by atoms with Crippen molar-refractivity contribution in [3.8, 4) is 11.4 Å². The van der Waals surface area contributed by atoms with Crippen molar-refractivity contribution < 1.29 is 9.53 Å². The van der Waals surface area contributed by atoms with Crippen LogP contribution in [0.25, 0.3) is 5.69 Å². The molecule has 0 aliphatic rings. The summed E-state index contributed by atoms with van der Waals surface area (Å²) in [7, 11) is 0. The molecule has 150 valence electrons. The van der Waals surface area contributed by atoms with Crippen LogP contribution in [0.15, 0.2) is 53.6 Å². The van der Waals surface area contributed by atoms with Gasteiger partial charge in [-0.25, -0.2) is 5.43 Å². The van der Waals surface area contributed by atoms with Gasteiger partial charge < -0.3 is 9.30 Å². The number of hydrogen-bond donors (Lipinski definition) is 1. The van der Waals surface area contributed by atoms with Crippen molar-refractivity contribution in [1.29, 1.82) is 0 Å². The van der Waals surface area contributed by atoms with Crippen molar-refractivity contribution in [1.82, 2.24) is 9.99 Å². The van der Waals surface area contributed by atoms with Gasteiger partial charge in [-0.2, -0.15) is 5.10 Å². The number of benzene rings is 2. The van der Waals surface area contributed by atoms with E-state index in [2.05, 4.69) is 15.1 Å². The molecule has 0 fully saturated rings. The summed E-state index contributed by atoms with van der Waals surface area (Å²) < 4.78 is 7.47. The Morgan fingerprint density at radius 1 is 1.07 bits per heavy atom. The molecule has 3 rings (SSSR count). The van der Waals surface area contributed by atoms with Crippen LogP contribution in [0, 0.1) is 13.8 Å². The molecule has 0 unspecified atom stereocenters. The summed E-state index contributed by atoms with van der Waals surface area (Å²) in [6.45, 7) is 3.76. The van der Waals surface area contributed by atoms with Crippen LogP contribution in [0.1, 0.15) is 17.0 Å². The predicted molar refractivity (Wildman–Crippen MR) is 118 cm³/mol. The summed E-state index contributed by atoms with van der Waals surface area (Å²) in [5.74, 6) is -0.0273. The van der Waals surface area contributed by atoms with Gasteiger partial charge in [0.25, 0.3) is 5.91 Å². The molecule has 1 amide bonds. The number of amides is 1. The molecule has 0 spiro atoms. The molecule has 8 heteroatoms. The Bertz CT molecular complexity index is 1060. The molecular weight excluding hydrogens is 433 g/mol. The highest BCUT2D eigenvalue weighted by Crippen LogP contribution is 2.27. The van der Waals surface area contributed by atoms with E-state index < -0.39 is 5.91 Å². The third-order valence-corrected chi connectivity index (χ3v) is 4.98. The summed E-state index contributed by atoms with van der Waals surface area (Å²) in [5, 5.41) is 5.53. The third kappa shape index (κ3) is 5.32. The number of hydrogen-bond acceptors (Lipinski definition) is 3. The number of aryl methyl sites for hydroxylation is 1. The van der Waals surface area contributed by atoms with Gasteiger partial charge in [0, 0.05) is 32.7 Å². The molecule has 1 heterocycles. The molecular formula is C21H18Cl3N3O2. The Morgan fingerprint density at radius 3 is 2.45 bits per heavy atom. The predicted octanol–water partition coefficient (Wildman–Crippen LogP) is 5.58. The number of aromatic nitrogens is 1. The van der Waals surface area contributed by atoms with Crippen molar-refractivity contribution in [3.05, 3.63) is 80.6 Å². The molecule has 0 aliphatic heterocycles. The first-order chi connectivity index (χ1) is 13.8. The minimum absolute atomic E-state index is 0.220. The maximum atomic E-state index is 12.0. The van der Waals surface area contributed by atoms with Crippen molar-refractivity contribution in [2.75, 3.05) is 6.61 Å². The summed E-state index contributed by atoms with van der Waals surface area (Å²) in [5.41, 5.74) is 6.37. The van der Waals surface area contributed by atoms with Crippen LogP contribution >= 0.6 is 34.8 Å². The minimum Gasteiger partial charge on any atom is -0.482 e. The number of rotatable bonds is 6. The van der Waals surface area contributed by atoms with Crippen LogP contribution in [0.5, 0.6) is 5.75 Å². The lowest BCUT2D eigenvalue weighted by molar-refractivity contribution is -0.123. The average molecular weight is 451 g/mol. The topological polar surface area (TPSA) is 55.6 Å². The smallest absolute Gasteiger partial charge is 0.277 e. The Morgan fingerprint density at radius 2 is 1.76 bits per heavy atom. The first kappa shape index (κ1) is 21.2. The van der Waals surface area contributed by atoms with E-state index in [1.54, 1.807) is 24.4 Å². The van der Waals surface area contributed by atoms with Crippen molar-refractivity contribution in [2.45, 2.75) is 13.8 Å². The van der Waals surface area contributed by atoms with Gasteiger partial charge >= 0.3 is 0 Å². The number of nitrogens with one attached hydrogen (secondary N) is 1. The van der Waals surface area contributed by atoms with E-state index in [-0.39, 0.29) is 6.61 Å². The SMILES string of the molecule is Cc1cc(/C=N\NC(=O)COc2ccc(Cl)cc2Cl)c(C)n1-c1ccc(Cl)cc1. The van der Waals surface area contributed by atoms with Crippen LogP contribution in [0.2, 0.25) is 15.1 Å². The summed E-state index contributed by atoms with van der Waals surface area (Å²) in [6, 6.07) is 14.4. The second-order valence-corrected chi connectivity index (χ2v) is 7.57. The standard InChI is InChI=1S/C21H18Cl3N3O2/c1-13-9-15(14(2)27(13)18-6-3-16(22)4-7-18)11-25-26-21(28)12-29-20-8-5-17(23)10-19(20)24/h3-11H,12H2,1-2H3,(H,26,28)/b25-11-. The number of hydrazone groups is 1. The molecule has 0 bridgehead atoms. The Kier molecular flexibility index (Phi) is 6.85. The van der Waals surface area contributed by atoms with E-state index in [9.17, 15) is 4.79 Å². The van der Waals surface area contributed by atoms with Crippen LogP contribution in [0.4, 0.5) is 0 Å². The van der Waals surface area contributed by atoms with Gasteiger partial charge in [0.1, 0.15) is 5.75 Å². The van der Waals surface area contributed by atoms with Gasteiger partial charge in [0.15, 0.2) is 6.61 Å². The number of carbonyl (C=O) groups is 1. The molecule has 0 atom stereocenters. The summed E-state index contributed by atoms with van der Waals surface area (Å²) >= 11 is 17.8. The largest absolute Gasteiger partial charge is 0.482 e. The molecule has 0 radical (unpaired) electrons. The highest BCUT2D eigenvalue weighted by molar-refractivity contribution is 6.35. The van der Waals surface area contributed by atoms with E-state index >= 15 is 0 Å². The van der Waals surface area contributed by atoms with E-state index in [0.29, 0.717) is 20.8 Å². The zero-order chi connectivity index (χ0) is 21.0. The molecule has 2 aromatic carbocycles. The van der Waals surface area contributed by atoms with Gasteiger partial charge in [-0.05, 0) is 62.4 Å². The molecule has 1 aromatic heterocycles.